The van der Waals surface area contributed by atoms with Crippen molar-refractivity contribution in [3.63, 3.8) is 0 Å². The maximum atomic E-state index is 12.6. The Kier molecular flexibility index (Phi) is 7.43. The second-order valence-electron chi connectivity index (χ2n) is 6.35. The highest BCUT2D eigenvalue weighted by molar-refractivity contribution is 7.98. The first-order chi connectivity index (χ1) is 14.5. The smallest absolute Gasteiger partial charge is 0.244 e. The fourth-order valence-electron chi connectivity index (χ4n) is 2.76. The molecule has 8 heteroatoms. The Labute approximate surface area is 183 Å². The van der Waals surface area contributed by atoms with Crippen molar-refractivity contribution in [2.24, 2.45) is 0 Å². The third-order valence-electron chi connectivity index (χ3n) is 4.27. The maximum Gasteiger partial charge on any atom is 0.244 e. The fourth-order valence-corrected chi connectivity index (χ4v) is 3.78. The number of amides is 1. The number of hydrogen-bond acceptors (Lipinski definition) is 5. The summed E-state index contributed by atoms with van der Waals surface area (Å²) >= 11 is 7.48. The van der Waals surface area contributed by atoms with Crippen molar-refractivity contribution in [3.8, 4) is 11.5 Å². The molecule has 0 saturated carbocycles. The van der Waals surface area contributed by atoms with Gasteiger partial charge in [-0.25, -0.2) is 0 Å². The van der Waals surface area contributed by atoms with Crippen LogP contribution in [-0.4, -0.2) is 24.7 Å². The van der Waals surface area contributed by atoms with Gasteiger partial charge in [0.25, 0.3) is 0 Å². The van der Waals surface area contributed by atoms with E-state index in [9.17, 15) is 9.59 Å². The van der Waals surface area contributed by atoms with Crippen LogP contribution in [0, 0.1) is 0 Å². The zero-order valence-corrected chi connectivity index (χ0v) is 18.1. The molecule has 1 heterocycles. The van der Waals surface area contributed by atoms with Crippen molar-refractivity contribution < 1.29 is 14.3 Å². The number of benzene rings is 2. The van der Waals surface area contributed by atoms with Gasteiger partial charge in [-0.15, -0.1) is 11.8 Å². The van der Waals surface area contributed by atoms with Gasteiger partial charge in [-0.2, -0.15) is 0 Å². The molecule has 3 aromatic rings. The summed E-state index contributed by atoms with van der Waals surface area (Å²) in [7, 11) is 3.00. The SMILES string of the molecule is COc1cccc(NC(=O)Cn2cc(OC)c(=O)cc2CSc2ccc(Cl)cc2)c1. The Morgan fingerprint density at radius 3 is 2.57 bits per heavy atom. The van der Waals surface area contributed by atoms with Crippen molar-refractivity contribution in [3.05, 3.63) is 81.7 Å². The monoisotopic (exact) mass is 444 g/mol. The Bertz CT molecular complexity index is 1080. The Morgan fingerprint density at radius 1 is 1.10 bits per heavy atom. The van der Waals surface area contributed by atoms with Gasteiger partial charge in [0.15, 0.2) is 5.75 Å². The van der Waals surface area contributed by atoms with E-state index in [2.05, 4.69) is 5.32 Å². The van der Waals surface area contributed by atoms with Crippen molar-refractivity contribution in [1.29, 1.82) is 0 Å². The van der Waals surface area contributed by atoms with E-state index in [-0.39, 0.29) is 23.6 Å². The molecule has 0 spiro atoms. The highest BCUT2D eigenvalue weighted by atomic mass is 35.5. The van der Waals surface area contributed by atoms with E-state index in [4.69, 9.17) is 21.1 Å². The van der Waals surface area contributed by atoms with Crippen LogP contribution in [-0.2, 0) is 17.1 Å². The van der Waals surface area contributed by atoms with Crippen molar-refractivity contribution in [2.45, 2.75) is 17.2 Å². The maximum absolute atomic E-state index is 12.6. The molecule has 1 N–H and O–H groups in total. The zero-order valence-electron chi connectivity index (χ0n) is 16.6. The third-order valence-corrected chi connectivity index (χ3v) is 5.57. The van der Waals surface area contributed by atoms with Gasteiger partial charge in [0.05, 0.1) is 20.4 Å². The van der Waals surface area contributed by atoms with Crippen LogP contribution in [0.15, 0.2) is 70.5 Å². The summed E-state index contributed by atoms with van der Waals surface area (Å²) in [6.07, 6.45) is 1.56. The van der Waals surface area contributed by atoms with Gasteiger partial charge in [0.1, 0.15) is 12.3 Å². The first-order valence-corrected chi connectivity index (χ1v) is 10.4. The van der Waals surface area contributed by atoms with E-state index in [1.165, 1.54) is 13.2 Å². The number of anilines is 1. The quantitative estimate of drug-likeness (QED) is 0.520. The summed E-state index contributed by atoms with van der Waals surface area (Å²) in [6.45, 7) is 0.0321. The van der Waals surface area contributed by atoms with Gasteiger partial charge >= 0.3 is 0 Å². The van der Waals surface area contributed by atoms with Gasteiger partial charge in [-0.3, -0.25) is 9.59 Å². The largest absolute Gasteiger partial charge is 0.497 e. The molecule has 0 radical (unpaired) electrons. The standard InChI is InChI=1S/C22H21ClN2O4S/c1-28-18-5-3-4-16(10-18)24-22(27)13-25-12-21(29-2)20(26)11-17(25)14-30-19-8-6-15(23)7-9-19/h3-12H,13-14H2,1-2H3,(H,24,27). The lowest BCUT2D eigenvalue weighted by Gasteiger charge is -2.15. The van der Waals surface area contributed by atoms with Crippen molar-refractivity contribution >= 4 is 35.0 Å². The van der Waals surface area contributed by atoms with Crippen LogP contribution in [0.5, 0.6) is 11.5 Å². The van der Waals surface area contributed by atoms with Crippen LogP contribution in [0.4, 0.5) is 5.69 Å². The molecule has 3 rings (SSSR count). The lowest BCUT2D eigenvalue weighted by molar-refractivity contribution is -0.116. The first kappa shape index (κ1) is 21.8. The normalized spacial score (nSPS) is 10.5. The molecule has 6 nitrogen and oxygen atoms in total. The number of rotatable bonds is 8. The van der Waals surface area contributed by atoms with Gasteiger partial charge in [0, 0.05) is 39.2 Å². The summed E-state index contributed by atoms with van der Waals surface area (Å²) in [4.78, 5) is 25.9. The minimum atomic E-state index is -0.230. The molecule has 30 heavy (non-hydrogen) atoms. The molecule has 1 aromatic heterocycles. The topological polar surface area (TPSA) is 69.6 Å². The second-order valence-corrected chi connectivity index (χ2v) is 7.83. The van der Waals surface area contributed by atoms with Crippen LogP contribution < -0.4 is 20.2 Å². The molecule has 0 bridgehead atoms. The van der Waals surface area contributed by atoms with E-state index in [1.807, 2.05) is 24.3 Å². The fraction of sp³-hybridized carbons (Fsp3) is 0.182. The van der Waals surface area contributed by atoms with Crippen LogP contribution in [0.25, 0.3) is 0 Å². The first-order valence-electron chi connectivity index (χ1n) is 9.08. The molecule has 0 saturated heterocycles. The van der Waals surface area contributed by atoms with E-state index in [1.54, 1.807) is 53.9 Å². The number of ether oxygens (including phenoxy) is 2. The van der Waals surface area contributed by atoms with Crippen LogP contribution >= 0.6 is 23.4 Å². The van der Waals surface area contributed by atoms with Gasteiger partial charge in [-0.1, -0.05) is 17.7 Å². The van der Waals surface area contributed by atoms with Crippen molar-refractivity contribution in [1.82, 2.24) is 4.57 Å². The minimum absolute atomic E-state index is 0.0321. The average molecular weight is 445 g/mol. The molecule has 156 valence electrons. The minimum Gasteiger partial charge on any atom is -0.497 e. The summed E-state index contributed by atoms with van der Waals surface area (Å²) in [5, 5.41) is 3.51. The molecule has 0 aliphatic rings. The summed E-state index contributed by atoms with van der Waals surface area (Å²) in [5.74, 6) is 1.11. The Hall–Kier alpha value is -2.90. The third kappa shape index (κ3) is 5.81. The number of methoxy groups -OCH3 is 2. The molecule has 0 fully saturated rings. The van der Waals surface area contributed by atoms with Crippen LogP contribution in [0.2, 0.25) is 5.02 Å². The molecule has 0 unspecified atom stereocenters. The Balaban J connectivity index is 1.78. The van der Waals surface area contributed by atoms with E-state index in [0.29, 0.717) is 27.9 Å². The van der Waals surface area contributed by atoms with Gasteiger partial charge in [-0.05, 0) is 36.4 Å². The second kappa shape index (κ2) is 10.2. The Morgan fingerprint density at radius 2 is 1.87 bits per heavy atom. The number of nitrogens with zero attached hydrogens (tertiary/aromatic N) is 1. The summed E-state index contributed by atoms with van der Waals surface area (Å²) in [6, 6.07) is 16.1. The number of pyridine rings is 1. The lowest BCUT2D eigenvalue weighted by atomic mass is 10.3. The van der Waals surface area contributed by atoms with E-state index >= 15 is 0 Å². The zero-order chi connectivity index (χ0) is 21.5. The highest BCUT2D eigenvalue weighted by Crippen LogP contribution is 2.24. The predicted octanol–water partition coefficient (Wildman–Crippen LogP) is 4.45. The number of carbonyl (C=O) groups is 1. The molecular weight excluding hydrogens is 424 g/mol. The molecule has 1 amide bonds. The van der Waals surface area contributed by atoms with Crippen LogP contribution in [0.1, 0.15) is 5.69 Å². The van der Waals surface area contributed by atoms with Gasteiger partial charge in [0.2, 0.25) is 11.3 Å². The number of carbonyl (C=O) groups excluding carboxylic acids is 1. The van der Waals surface area contributed by atoms with E-state index in [0.717, 1.165) is 4.90 Å². The molecular formula is C22H21ClN2O4S. The molecule has 0 aliphatic carbocycles. The number of hydrogen-bond donors (Lipinski definition) is 1. The molecule has 0 atom stereocenters. The number of halogens is 1. The van der Waals surface area contributed by atoms with E-state index < -0.39 is 0 Å². The number of aromatic nitrogens is 1. The number of nitrogens with one attached hydrogen (secondary N) is 1. The number of thioether (sulfide) groups is 1. The predicted molar refractivity (Wildman–Crippen MR) is 120 cm³/mol. The summed E-state index contributed by atoms with van der Waals surface area (Å²) < 4.78 is 12.0. The molecule has 2 aromatic carbocycles. The lowest BCUT2D eigenvalue weighted by Crippen LogP contribution is -2.22. The summed E-state index contributed by atoms with van der Waals surface area (Å²) in [5.41, 5.74) is 1.11. The van der Waals surface area contributed by atoms with Gasteiger partial charge < -0.3 is 19.4 Å². The molecule has 0 aliphatic heterocycles. The van der Waals surface area contributed by atoms with Crippen molar-refractivity contribution in [2.75, 3.05) is 19.5 Å². The highest BCUT2D eigenvalue weighted by Gasteiger charge is 2.12. The average Bonchev–Trinajstić information content (AvgIpc) is 2.74. The van der Waals surface area contributed by atoms with Crippen LogP contribution in [0.3, 0.4) is 0 Å².